The zero-order valence-electron chi connectivity index (χ0n) is 16.9. The molecule has 0 aliphatic rings. The molecule has 3 aromatic carbocycles. The molecule has 0 saturated heterocycles. The summed E-state index contributed by atoms with van der Waals surface area (Å²) < 4.78 is 5.25. The van der Waals surface area contributed by atoms with E-state index in [0.717, 1.165) is 11.1 Å². The maximum atomic E-state index is 12.4. The topological polar surface area (TPSA) is 72.5 Å². The third-order valence-corrected chi connectivity index (χ3v) is 4.66. The first-order valence-corrected chi connectivity index (χ1v) is 9.68. The Bertz CT molecular complexity index is 1030. The summed E-state index contributed by atoms with van der Waals surface area (Å²) in [7, 11) is 0. The molecule has 0 saturated carbocycles. The highest BCUT2D eigenvalue weighted by molar-refractivity contribution is 6.09. The lowest BCUT2D eigenvalue weighted by atomic mass is 10.0. The molecule has 1 N–H and O–H groups in total. The second kappa shape index (κ2) is 9.65. The number of carbonyl (C=O) groups is 3. The molecule has 3 rings (SSSR count). The number of hydrogen-bond donors (Lipinski definition) is 1. The fraction of sp³-hybridized carbons (Fsp3) is 0.160. The summed E-state index contributed by atoms with van der Waals surface area (Å²) in [6.45, 7) is 3.88. The summed E-state index contributed by atoms with van der Waals surface area (Å²) >= 11 is 0. The Morgan fingerprint density at radius 1 is 0.800 bits per heavy atom. The molecule has 30 heavy (non-hydrogen) atoms. The van der Waals surface area contributed by atoms with Gasteiger partial charge in [0, 0.05) is 17.7 Å². The highest BCUT2D eigenvalue weighted by atomic mass is 16.5. The van der Waals surface area contributed by atoms with Crippen LogP contribution in [0.1, 0.15) is 44.3 Å². The maximum absolute atomic E-state index is 12.4. The molecule has 3 aromatic rings. The monoisotopic (exact) mass is 401 g/mol. The van der Waals surface area contributed by atoms with Crippen molar-refractivity contribution in [2.24, 2.45) is 0 Å². The van der Waals surface area contributed by atoms with Gasteiger partial charge in [-0.2, -0.15) is 0 Å². The molecule has 152 valence electrons. The third-order valence-electron chi connectivity index (χ3n) is 4.66. The van der Waals surface area contributed by atoms with Gasteiger partial charge in [-0.25, -0.2) is 4.79 Å². The number of hydrogen-bond acceptors (Lipinski definition) is 4. The minimum absolute atomic E-state index is 0.126. The number of amides is 1. The van der Waals surface area contributed by atoms with Crippen LogP contribution in [-0.4, -0.2) is 23.8 Å². The molecule has 0 aliphatic carbocycles. The van der Waals surface area contributed by atoms with Crippen molar-refractivity contribution in [1.29, 1.82) is 0 Å². The Morgan fingerprint density at radius 3 is 2.00 bits per heavy atom. The van der Waals surface area contributed by atoms with Crippen LogP contribution in [0, 0.1) is 6.92 Å². The minimum Gasteiger partial charge on any atom is -0.449 e. The molecule has 0 unspecified atom stereocenters. The summed E-state index contributed by atoms with van der Waals surface area (Å²) in [5, 5.41) is 2.76. The Hall–Kier alpha value is -3.73. The number of benzene rings is 3. The normalized spacial score (nSPS) is 11.4. The van der Waals surface area contributed by atoms with Crippen molar-refractivity contribution in [3.8, 4) is 0 Å². The Morgan fingerprint density at radius 2 is 1.37 bits per heavy atom. The molecule has 0 aromatic heterocycles. The summed E-state index contributed by atoms with van der Waals surface area (Å²) in [4.78, 5) is 37.0. The van der Waals surface area contributed by atoms with Crippen LogP contribution < -0.4 is 5.32 Å². The molecule has 5 nitrogen and oxygen atoms in total. The molecule has 1 atom stereocenters. The molecule has 0 radical (unpaired) electrons. The average molecular weight is 401 g/mol. The molecule has 0 aliphatic heterocycles. The van der Waals surface area contributed by atoms with E-state index >= 15 is 0 Å². The maximum Gasteiger partial charge on any atom is 0.338 e. The van der Waals surface area contributed by atoms with Crippen molar-refractivity contribution in [2.45, 2.75) is 26.5 Å². The van der Waals surface area contributed by atoms with Crippen LogP contribution >= 0.6 is 0 Å². The Kier molecular flexibility index (Phi) is 6.75. The smallest absolute Gasteiger partial charge is 0.338 e. The van der Waals surface area contributed by atoms with Crippen molar-refractivity contribution >= 4 is 17.7 Å². The lowest BCUT2D eigenvalue weighted by Gasteiger charge is -2.14. The van der Waals surface area contributed by atoms with E-state index in [4.69, 9.17) is 4.74 Å². The highest BCUT2D eigenvalue weighted by Gasteiger charge is 2.19. The molecular weight excluding hydrogens is 378 g/mol. The van der Waals surface area contributed by atoms with E-state index in [1.54, 1.807) is 36.4 Å². The first-order chi connectivity index (χ1) is 14.4. The van der Waals surface area contributed by atoms with Gasteiger partial charge >= 0.3 is 5.97 Å². The first kappa shape index (κ1) is 21.0. The van der Waals surface area contributed by atoms with E-state index in [1.807, 2.05) is 37.3 Å². The van der Waals surface area contributed by atoms with Gasteiger partial charge in [0.1, 0.15) is 0 Å². The summed E-state index contributed by atoms with van der Waals surface area (Å²) in [5.41, 5.74) is 3.43. The van der Waals surface area contributed by atoms with Crippen LogP contribution in [0.5, 0.6) is 0 Å². The van der Waals surface area contributed by atoms with Gasteiger partial charge < -0.3 is 10.1 Å². The molecular formula is C25H23NO4. The first-order valence-electron chi connectivity index (χ1n) is 9.68. The van der Waals surface area contributed by atoms with E-state index in [-0.39, 0.29) is 17.3 Å². The van der Waals surface area contributed by atoms with Crippen LogP contribution in [0.2, 0.25) is 0 Å². The van der Waals surface area contributed by atoms with Crippen LogP contribution in [0.15, 0.2) is 78.9 Å². The number of ketones is 1. The van der Waals surface area contributed by atoms with Gasteiger partial charge in [0.25, 0.3) is 5.91 Å². The molecule has 5 heteroatoms. The number of esters is 1. The van der Waals surface area contributed by atoms with Crippen molar-refractivity contribution in [2.75, 3.05) is 0 Å². The van der Waals surface area contributed by atoms with Gasteiger partial charge in [-0.05, 0) is 31.5 Å². The van der Waals surface area contributed by atoms with Crippen LogP contribution in [-0.2, 0) is 16.1 Å². The van der Waals surface area contributed by atoms with Gasteiger partial charge in [0.2, 0.25) is 0 Å². The van der Waals surface area contributed by atoms with Crippen LogP contribution in [0.3, 0.4) is 0 Å². The quantitative estimate of drug-likeness (QED) is 0.478. The van der Waals surface area contributed by atoms with Crippen molar-refractivity contribution < 1.29 is 19.1 Å². The number of rotatable bonds is 7. The van der Waals surface area contributed by atoms with E-state index in [1.165, 1.54) is 19.1 Å². The predicted octanol–water partition coefficient (Wildman–Crippen LogP) is 4.09. The molecule has 0 fully saturated rings. The summed E-state index contributed by atoms with van der Waals surface area (Å²) in [6, 6.07) is 22.9. The number of nitrogens with one attached hydrogen (secondary N) is 1. The van der Waals surface area contributed by atoms with Crippen LogP contribution in [0.25, 0.3) is 0 Å². The highest BCUT2D eigenvalue weighted by Crippen LogP contribution is 2.12. The summed E-state index contributed by atoms with van der Waals surface area (Å²) in [6.07, 6.45) is -0.937. The molecule has 0 heterocycles. The second-order valence-electron chi connectivity index (χ2n) is 7.02. The fourth-order valence-corrected chi connectivity index (χ4v) is 2.83. The van der Waals surface area contributed by atoms with E-state index < -0.39 is 12.1 Å². The zero-order chi connectivity index (χ0) is 21.5. The SMILES string of the molecule is Cc1ccc(CNC(=O)[C@@H](C)OC(=O)c2ccc(C(=O)c3ccccc3)cc2)cc1. The van der Waals surface area contributed by atoms with Gasteiger partial charge in [0.05, 0.1) is 5.56 Å². The second-order valence-corrected chi connectivity index (χ2v) is 7.02. The zero-order valence-corrected chi connectivity index (χ0v) is 16.9. The average Bonchev–Trinajstić information content (AvgIpc) is 2.78. The number of carbonyl (C=O) groups excluding carboxylic acids is 3. The van der Waals surface area contributed by atoms with Gasteiger partial charge in [0.15, 0.2) is 11.9 Å². The minimum atomic E-state index is -0.937. The van der Waals surface area contributed by atoms with Crippen LogP contribution in [0.4, 0.5) is 0 Å². The fourth-order valence-electron chi connectivity index (χ4n) is 2.83. The third kappa shape index (κ3) is 5.41. The van der Waals surface area contributed by atoms with E-state index in [2.05, 4.69) is 5.32 Å². The lowest BCUT2D eigenvalue weighted by molar-refractivity contribution is -0.129. The van der Waals surface area contributed by atoms with Gasteiger partial charge in [-0.3, -0.25) is 9.59 Å². The molecule has 0 bridgehead atoms. The van der Waals surface area contributed by atoms with Crippen molar-refractivity contribution in [3.05, 3.63) is 107 Å². The number of ether oxygens (including phenoxy) is 1. The van der Waals surface area contributed by atoms with Gasteiger partial charge in [-0.15, -0.1) is 0 Å². The molecule has 1 amide bonds. The summed E-state index contributed by atoms with van der Waals surface area (Å²) in [5.74, 6) is -1.12. The largest absolute Gasteiger partial charge is 0.449 e. The number of aryl methyl sites for hydroxylation is 1. The van der Waals surface area contributed by atoms with Gasteiger partial charge in [-0.1, -0.05) is 72.3 Å². The Labute approximate surface area is 175 Å². The van der Waals surface area contributed by atoms with E-state index in [9.17, 15) is 14.4 Å². The van der Waals surface area contributed by atoms with Crippen molar-refractivity contribution in [1.82, 2.24) is 5.32 Å². The standard InChI is InChI=1S/C25H23NO4/c1-17-8-10-19(11-9-17)16-26-24(28)18(2)30-25(29)22-14-12-21(13-15-22)23(27)20-6-4-3-5-7-20/h3-15,18H,16H2,1-2H3,(H,26,28)/t18-/m1/s1. The molecule has 0 spiro atoms. The Balaban J connectivity index is 1.55. The predicted molar refractivity (Wildman–Crippen MR) is 114 cm³/mol. The van der Waals surface area contributed by atoms with E-state index in [0.29, 0.717) is 17.7 Å². The van der Waals surface area contributed by atoms with Crippen molar-refractivity contribution in [3.63, 3.8) is 0 Å². The lowest BCUT2D eigenvalue weighted by Crippen LogP contribution is -2.35.